The molecule has 0 aromatic heterocycles. The van der Waals surface area contributed by atoms with E-state index < -0.39 is 5.54 Å². The number of hydrogen-bond donors (Lipinski definition) is 2. The van der Waals surface area contributed by atoms with E-state index in [4.69, 9.17) is 5.41 Å². The lowest BCUT2D eigenvalue weighted by atomic mass is 9.92. The molecule has 0 fully saturated rings. The van der Waals surface area contributed by atoms with Gasteiger partial charge in [0.15, 0.2) is 11.4 Å². The van der Waals surface area contributed by atoms with Crippen LogP contribution in [-0.2, 0) is 0 Å². The molecule has 0 aromatic carbocycles. The van der Waals surface area contributed by atoms with Gasteiger partial charge in [0.25, 0.3) is 0 Å². The van der Waals surface area contributed by atoms with Crippen LogP contribution in [0.2, 0.25) is 0 Å². The van der Waals surface area contributed by atoms with E-state index in [9.17, 15) is 0 Å². The van der Waals surface area contributed by atoms with Crippen molar-refractivity contribution >= 4 is 24.3 Å². The van der Waals surface area contributed by atoms with Crippen molar-refractivity contribution < 1.29 is 0 Å². The fourth-order valence-corrected chi connectivity index (χ4v) is 1.55. The van der Waals surface area contributed by atoms with E-state index in [1.807, 2.05) is 13.8 Å². The summed E-state index contributed by atoms with van der Waals surface area (Å²) >= 11 is 0. The largest absolute Gasteiger partial charge is 0.332 e. The van der Waals surface area contributed by atoms with Crippen LogP contribution in [0.25, 0.3) is 0 Å². The predicted molar refractivity (Wildman–Crippen MR) is 62.1 cm³/mol. The molecule has 0 amide bonds. The van der Waals surface area contributed by atoms with Gasteiger partial charge in [-0.15, -0.1) is 0 Å². The van der Waals surface area contributed by atoms with E-state index in [0.717, 1.165) is 0 Å². The van der Waals surface area contributed by atoms with Gasteiger partial charge >= 0.3 is 0 Å². The molecule has 1 atom stereocenters. The average molecular weight is 203 g/mol. The number of fused-ring (bicyclic) bond motifs is 1. The molecule has 2 aliphatic heterocycles. The van der Waals surface area contributed by atoms with Crippen LogP contribution in [0.4, 0.5) is 0 Å². The van der Waals surface area contributed by atoms with Gasteiger partial charge in [0.05, 0.1) is 6.34 Å². The normalized spacial score (nSPS) is 27.1. The maximum absolute atomic E-state index is 7.85. The van der Waals surface area contributed by atoms with E-state index in [0.29, 0.717) is 12.3 Å². The SMILES string of the molecule is CC(C)=CCC12N=CNC1=NC=NC2=N. The lowest BCUT2D eigenvalue weighted by Gasteiger charge is -2.25. The van der Waals surface area contributed by atoms with Crippen molar-refractivity contribution in [2.75, 3.05) is 0 Å². The Balaban J connectivity index is 2.35. The highest BCUT2D eigenvalue weighted by molar-refractivity contribution is 6.24. The molecule has 2 aliphatic rings. The van der Waals surface area contributed by atoms with Crippen molar-refractivity contribution in [3.63, 3.8) is 0 Å². The Kier molecular flexibility index (Phi) is 2.22. The molecule has 0 aromatic rings. The van der Waals surface area contributed by atoms with Crippen LogP contribution < -0.4 is 5.32 Å². The molecule has 2 N–H and O–H groups in total. The Morgan fingerprint density at radius 2 is 2.40 bits per heavy atom. The number of rotatable bonds is 2. The number of hydrogen-bond acceptors (Lipinski definition) is 4. The van der Waals surface area contributed by atoms with Crippen molar-refractivity contribution in [3.05, 3.63) is 11.6 Å². The Bertz CT molecular complexity index is 412. The quantitative estimate of drug-likeness (QED) is 0.649. The van der Waals surface area contributed by atoms with Gasteiger partial charge < -0.3 is 5.32 Å². The van der Waals surface area contributed by atoms with Crippen LogP contribution in [0.15, 0.2) is 26.6 Å². The fourth-order valence-electron chi connectivity index (χ4n) is 1.55. The van der Waals surface area contributed by atoms with E-state index in [1.165, 1.54) is 11.9 Å². The number of amidine groups is 2. The summed E-state index contributed by atoms with van der Waals surface area (Å²) in [5.41, 5.74) is 0.500. The Morgan fingerprint density at radius 3 is 3.13 bits per heavy atom. The predicted octanol–water partition coefficient (Wildman–Crippen LogP) is 1.13. The highest BCUT2D eigenvalue weighted by Gasteiger charge is 2.43. The molecule has 2 heterocycles. The van der Waals surface area contributed by atoms with Crippen LogP contribution in [0.1, 0.15) is 20.3 Å². The first-order valence-corrected chi connectivity index (χ1v) is 4.78. The second kappa shape index (κ2) is 3.42. The van der Waals surface area contributed by atoms with E-state index in [-0.39, 0.29) is 5.84 Å². The first kappa shape index (κ1) is 9.76. The smallest absolute Gasteiger partial charge is 0.182 e. The summed E-state index contributed by atoms with van der Waals surface area (Å²) < 4.78 is 0. The van der Waals surface area contributed by atoms with Crippen LogP contribution in [0.5, 0.6) is 0 Å². The lowest BCUT2D eigenvalue weighted by Crippen LogP contribution is -2.46. The molecular weight excluding hydrogens is 190 g/mol. The molecule has 78 valence electrons. The van der Waals surface area contributed by atoms with E-state index >= 15 is 0 Å². The second-order valence-electron chi connectivity index (χ2n) is 3.82. The number of allylic oxidation sites excluding steroid dienone is 1. The third-order valence-electron chi connectivity index (χ3n) is 2.45. The van der Waals surface area contributed by atoms with Crippen molar-refractivity contribution in [3.8, 4) is 0 Å². The average Bonchev–Trinajstić information content (AvgIpc) is 2.60. The summed E-state index contributed by atoms with van der Waals surface area (Å²) in [5.74, 6) is 0.936. The third kappa shape index (κ3) is 1.49. The van der Waals surface area contributed by atoms with Crippen molar-refractivity contribution in [1.29, 1.82) is 5.41 Å². The Morgan fingerprint density at radius 1 is 1.60 bits per heavy atom. The Hall–Kier alpha value is -1.78. The van der Waals surface area contributed by atoms with Crippen molar-refractivity contribution in [2.45, 2.75) is 25.8 Å². The van der Waals surface area contributed by atoms with Crippen LogP contribution >= 0.6 is 0 Å². The summed E-state index contributed by atoms with van der Waals surface area (Å²) in [7, 11) is 0. The van der Waals surface area contributed by atoms with Gasteiger partial charge in [-0.05, 0) is 13.8 Å². The summed E-state index contributed by atoms with van der Waals surface area (Å²) in [6, 6.07) is 0. The highest BCUT2D eigenvalue weighted by Crippen LogP contribution is 2.25. The van der Waals surface area contributed by atoms with Gasteiger partial charge in [0.1, 0.15) is 12.2 Å². The molecule has 0 bridgehead atoms. The zero-order valence-electron chi connectivity index (χ0n) is 8.78. The van der Waals surface area contributed by atoms with Gasteiger partial charge in [-0.25, -0.2) is 9.98 Å². The molecule has 0 aliphatic carbocycles. The summed E-state index contributed by atoms with van der Waals surface area (Å²) in [6.07, 6.45) is 5.66. The molecule has 0 saturated heterocycles. The Labute approximate surface area is 88.2 Å². The van der Waals surface area contributed by atoms with Gasteiger partial charge in [-0.2, -0.15) is 0 Å². The number of nitrogens with zero attached hydrogens (tertiary/aromatic N) is 3. The van der Waals surface area contributed by atoms with Crippen molar-refractivity contribution in [1.82, 2.24) is 5.32 Å². The minimum atomic E-state index is -0.702. The maximum Gasteiger partial charge on any atom is 0.182 e. The van der Waals surface area contributed by atoms with Crippen LogP contribution in [0.3, 0.4) is 0 Å². The maximum atomic E-state index is 7.85. The van der Waals surface area contributed by atoms with Crippen LogP contribution in [0, 0.1) is 5.41 Å². The van der Waals surface area contributed by atoms with Gasteiger partial charge in [-0.1, -0.05) is 11.6 Å². The first-order chi connectivity index (χ1) is 7.15. The topological polar surface area (TPSA) is 73.0 Å². The molecule has 1 unspecified atom stereocenters. The molecule has 5 nitrogen and oxygen atoms in total. The second-order valence-corrected chi connectivity index (χ2v) is 3.82. The molecule has 0 spiro atoms. The highest BCUT2D eigenvalue weighted by atomic mass is 15.2. The van der Waals surface area contributed by atoms with E-state index in [2.05, 4.69) is 26.4 Å². The van der Waals surface area contributed by atoms with E-state index in [1.54, 1.807) is 6.34 Å². The number of aliphatic imine (C=N–C) groups is 3. The fraction of sp³-hybridized carbons (Fsp3) is 0.400. The van der Waals surface area contributed by atoms with Crippen LogP contribution in [-0.4, -0.2) is 29.9 Å². The first-order valence-electron chi connectivity index (χ1n) is 4.78. The minimum absolute atomic E-state index is 0.242. The lowest BCUT2D eigenvalue weighted by molar-refractivity contribution is 0.745. The third-order valence-corrected chi connectivity index (χ3v) is 2.45. The summed E-state index contributed by atoms with van der Waals surface area (Å²) in [6.45, 7) is 4.05. The molecule has 2 rings (SSSR count). The van der Waals surface area contributed by atoms with Gasteiger partial charge in [0, 0.05) is 6.42 Å². The monoisotopic (exact) mass is 203 g/mol. The zero-order valence-corrected chi connectivity index (χ0v) is 8.78. The van der Waals surface area contributed by atoms with Gasteiger partial charge in [-0.3, -0.25) is 10.4 Å². The standard InChI is InChI=1S/C10H13N5/c1-7(2)3-4-10-8(11)12-5-13-9(10)14-6-15-10/h3,5-6H,4H2,1-2H3,(H2,11,12,13,14,15). The summed E-state index contributed by atoms with van der Waals surface area (Å²) in [5, 5.41) is 10.8. The minimum Gasteiger partial charge on any atom is -0.332 e. The molecule has 0 radical (unpaired) electrons. The summed E-state index contributed by atoms with van der Waals surface area (Å²) in [4.78, 5) is 12.3. The van der Waals surface area contributed by atoms with Crippen molar-refractivity contribution in [2.24, 2.45) is 15.0 Å². The molecule has 5 heteroatoms. The number of nitrogens with one attached hydrogen (secondary N) is 2. The molecule has 15 heavy (non-hydrogen) atoms. The van der Waals surface area contributed by atoms with Gasteiger partial charge in [0.2, 0.25) is 0 Å². The zero-order chi connectivity index (χ0) is 10.9. The molecule has 0 saturated carbocycles. The molecular formula is C10H13N5.